The van der Waals surface area contributed by atoms with E-state index < -0.39 is 0 Å². The van der Waals surface area contributed by atoms with Crippen LogP contribution in [0.25, 0.3) is 0 Å². The van der Waals surface area contributed by atoms with Crippen molar-refractivity contribution < 1.29 is 14.3 Å². The molecule has 0 saturated carbocycles. The highest BCUT2D eigenvalue weighted by Gasteiger charge is 2.41. The number of carbonyl (C=O) groups is 2. The second-order valence-electron chi connectivity index (χ2n) is 28.9. The van der Waals surface area contributed by atoms with Crippen LogP contribution in [-0.4, -0.2) is 206 Å². The fourth-order valence-electron chi connectivity index (χ4n) is 13.7. The molecule has 2 bridgehead atoms. The van der Waals surface area contributed by atoms with Crippen molar-refractivity contribution in [1.82, 2.24) is 29.8 Å². The molecule has 1 N–H and O–H groups in total. The van der Waals surface area contributed by atoms with E-state index in [4.69, 9.17) is 4.74 Å². The molecule has 7 aliphatic heterocycles. The summed E-state index contributed by atoms with van der Waals surface area (Å²) < 4.78 is 5.32. The number of anilines is 5. The highest BCUT2D eigenvalue weighted by atomic mass is 16.5. The molecule has 5 aromatic carbocycles. The Morgan fingerprint density at radius 2 is 0.761 bits per heavy atom. The third kappa shape index (κ3) is 20.6. The van der Waals surface area contributed by atoms with Crippen LogP contribution >= 0.6 is 0 Å². The Morgan fingerprint density at radius 3 is 1.10 bits per heavy atom. The van der Waals surface area contributed by atoms with Crippen LogP contribution in [-0.2, 0) is 9.53 Å². The molecule has 504 valence electrons. The summed E-state index contributed by atoms with van der Waals surface area (Å²) in [5.41, 5.74) is 13.7. The van der Waals surface area contributed by atoms with Crippen molar-refractivity contribution in [1.29, 1.82) is 0 Å². The van der Waals surface area contributed by atoms with Crippen molar-refractivity contribution in [2.75, 3.05) is 170 Å². The van der Waals surface area contributed by atoms with E-state index in [0.717, 1.165) is 90.6 Å². The Kier molecular flexibility index (Phi) is 27.0. The number of benzene rings is 5. The summed E-state index contributed by atoms with van der Waals surface area (Å²) in [5.74, 6) is 3.25. The molecule has 7 heterocycles. The first-order valence-electron chi connectivity index (χ1n) is 35.4. The minimum Gasteiger partial charge on any atom is -0.378 e. The van der Waals surface area contributed by atoms with E-state index in [1.54, 1.807) is 0 Å². The van der Waals surface area contributed by atoms with E-state index in [1.807, 2.05) is 33.7 Å². The van der Waals surface area contributed by atoms with Crippen LogP contribution in [0.1, 0.15) is 160 Å². The molecular formula is C78H119N11O3. The summed E-state index contributed by atoms with van der Waals surface area (Å²) in [6, 6.07) is 47.8. The number of rotatable bonds is 12. The first kappa shape index (κ1) is 71.5. The molecule has 12 rings (SSSR count). The zero-order valence-electron chi connectivity index (χ0n) is 59.5. The first-order chi connectivity index (χ1) is 44.1. The summed E-state index contributed by atoms with van der Waals surface area (Å²) in [6.45, 7) is 44.1. The molecule has 0 spiro atoms. The van der Waals surface area contributed by atoms with Gasteiger partial charge in [-0.25, -0.2) is 4.79 Å². The van der Waals surface area contributed by atoms with Crippen LogP contribution < -0.4 is 29.8 Å². The Hall–Kier alpha value is -6.32. The zero-order valence-corrected chi connectivity index (χ0v) is 59.5. The molecule has 14 nitrogen and oxygen atoms in total. The average molecular weight is 1260 g/mol. The maximum atomic E-state index is 12.5. The van der Waals surface area contributed by atoms with Gasteiger partial charge in [0.05, 0.1) is 19.8 Å². The largest absolute Gasteiger partial charge is 0.378 e. The normalized spacial score (nSPS) is 20.9. The number of likely N-dealkylation sites (tertiary alicyclic amines) is 1. The topological polar surface area (TPSA) is 87.8 Å². The molecule has 3 amide bonds. The first-order valence-corrected chi connectivity index (χ1v) is 35.4. The molecule has 92 heavy (non-hydrogen) atoms. The van der Waals surface area contributed by atoms with Gasteiger partial charge in [0.15, 0.2) is 0 Å². The van der Waals surface area contributed by atoms with E-state index >= 15 is 0 Å². The number of ether oxygens (including phenoxy) is 1. The molecular weight excluding hydrogens is 1140 g/mol. The highest BCUT2D eigenvalue weighted by Crippen LogP contribution is 2.34. The third-order valence-electron chi connectivity index (χ3n) is 19.7. The van der Waals surface area contributed by atoms with Gasteiger partial charge < -0.3 is 54.2 Å². The fraction of sp³-hybridized carbons (Fsp3) is 0.590. The van der Waals surface area contributed by atoms with Crippen LogP contribution in [0.2, 0.25) is 0 Å². The van der Waals surface area contributed by atoms with E-state index in [-0.39, 0.29) is 11.9 Å². The van der Waals surface area contributed by atoms with Crippen molar-refractivity contribution in [3.05, 3.63) is 149 Å². The van der Waals surface area contributed by atoms with Crippen LogP contribution in [0, 0.1) is 0 Å². The van der Waals surface area contributed by atoms with Crippen molar-refractivity contribution in [3.8, 4) is 0 Å². The molecule has 0 aromatic heterocycles. The highest BCUT2D eigenvalue weighted by molar-refractivity contribution is 5.78. The molecule has 5 aromatic rings. The number of amides is 3. The zero-order chi connectivity index (χ0) is 66.0. The van der Waals surface area contributed by atoms with Crippen LogP contribution in [0.4, 0.5) is 33.2 Å². The van der Waals surface area contributed by atoms with Gasteiger partial charge in [-0.3, -0.25) is 9.69 Å². The van der Waals surface area contributed by atoms with E-state index in [0.29, 0.717) is 61.4 Å². The second kappa shape index (κ2) is 34.7. The quantitative estimate of drug-likeness (QED) is 0.130. The number of nitrogens with zero attached hydrogens (tertiary/aromatic N) is 10. The average Bonchev–Trinajstić information content (AvgIpc) is 1.72. The lowest BCUT2D eigenvalue weighted by Gasteiger charge is -2.39. The van der Waals surface area contributed by atoms with Gasteiger partial charge in [-0.05, 0) is 172 Å². The number of fused-ring (bicyclic) bond motifs is 2. The van der Waals surface area contributed by atoms with Crippen molar-refractivity contribution in [3.63, 3.8) is 0 Å². The maximum Gasteiger partial charge on any atom is 0.320 e. The number of piperazine rings is 4. The Balaban J connectivity index is 0.000000149. The lowest BCUT2D eigenvalue weighted by atomic mass is 10.0. The summed E-state index contributed by atoms with van der Waals surface area (Å²) in [7, 11) is 6.12. The molecule has 7 fully saturated rings. The van der Waals surface area contributed by atoms with Gasteiger partial charge >= 0.3 is 6.03 Å². The van der Waals surface area contributed by atoms with Crippen LogP contribution in [0.5, 0.6) is 0 Å². The number of hydrogen-bond acceptors (Lipinski definition) is 11. The van der Waals surface area contributed by atoms with Gasteiger partial charge in [-0.15, -0.1) is 0 Å². The molecule has 0 aliphatic carbocycles. The SMILES string of the molecule is CC(C)c1ccc(N2CC3CC2CN3C)cc1.CC(C)c1ccc(N2CCCC2)cc1.CC(C)c1ccc(N2CCN(C(=O)CN(C)C)CC2)cc1.CC(C)c1ccc(N2CCN(C(=O)N3CCOCC3)CC2)cc1.CC1CN(c2ccc(C(C)C)cc2)CC(C)N1. The maximum absolute atomic E-state index is 12.5. The second-order valence-corrected chi connectivity index (χ2v) is 28.9. The smallest absolute Gasteiger partial charge is 0.320 e. The number of hydrogen-bond donors (Lipinski definition) is 1. The molecule has 7 aliphatic rings. The standard InChI is InChI=1S/C18H27N3O2.C17H27N3O.C15H22N2.C15H24N2.C13H19N/c1-15(2)16-3-5-17(6-4-16)19-7-9-20(10-8-19)18(22)21-11-13-23-14-12-21;1-14(2)15-5-7-16(8-6-15)19-9-11-20(12-10-19)17(21)13-18(3)4;1-11(2)12-4-6-13(7-5-12)17-10-14-8-15(17)9-16(14)3;1-11(2)14-5-7-15(8-6-14)17-9-12(3)16-13(4)10-17;1-11(2)12-5-7-13(8-6-12)14-9-3-4-10-14/h3-6,15H,7-14H2,1-2H3;5-8,14H,9-13H2,1-4H3;4-7,11,14-15H,8-10H2,1-3H3;5-8,11-13,16H,9-10H2,1-4H3;5-8,11H,3-4,9-10H2,1-2H3. The number of carbonyl (C=O) groups excluding carboxylic acids is 2. The molecule has 0 radical (unpaired) electrons. The lowest BCUT2D eigenvalue weighted by Crippen LogP contribution is -2.54. The van der Waals surface area contributed by atoms with Gasteiger partial charge in [0.1, 0.15) is 0 Å². The Morgan fingerprint density at radius 1 is 0.424 bits per heavy atom. The predicted molar refractivity (Wildman–Crippen MR) is 389 cm³/mol. The lowest BCUT2D eigenvalue weighted by molar-refractivity contribution is -0.132. The van der Waals surface area contributed by atoms with E-state index in [9.17, 15) is 9.59 Å². The summed E-state index contributed by atoms with van der Waals surface area (Å²) >= 11 is 0. The van der Waals surface area contributed by atoms with Crippen LogP contribution in [0.15, 0.2) is 121 Å². The van der Waals surface area contributed by atoms with E-state index in [1.165, 1.54) is 102 Å². The Bertz CT molecular complexity index is 2930. The Labute approximate surface area is 557 Å². The number of morpholine rings is 1. The van der Waals surface area contributed by atoms with Gasteiger partial charge in [0.25, 0.3) is 0 Å². The fourth-order valence-corrected chi connectivity index (χ4v) is 13.7. The number of nitrogens with one attached hydrogen (secondary N) is 1. The third-order valence-corrected chi connectivity index (χ3v) is 19.7. The monoisotopic (exact) mass is 1260 g/mol. The predicted octanol–water partition coefficient (Wildman–Crippen LogP) is 13.5. The summed E-state index contributed by atoms with van der Waals surface area (Å²) in [4.78, 5) is 47.1. The minimum atomic E-state index is 0.170. The molecule has 4 unspecified atom stereocenters. The van der Waals surface area contributed by atoms with Crippen molar-refractivity contribution in [2.24, 2.45) is 0 Å². The minimum absolute atomic E-state index is 0.170. The summed E-state index contributed by atoms with van der Waals surface area (Å²) in [6.07, 6.45) is 4.06. The molecule has 14 heteroatoms. The van der Waals surface area contributed by atoms with Gasteiger partial charge in [-0.1, -0.05) is 130 Å². The summed E-state index contributed by atoms with van der Waals surface area (Å²) in [5, 5.41) is 3.57. The van der Waals surface area contributed by atoms with E-state index in [2.05, 4.69) is 246 Å². The molecule has 7 saturated heterocycles. The van der Waals surface area contributed by atoms with Gasteiger partial charge in [0.2, 0.25) is 5.91 Å². The van der Waals surface area contributed by atoms with Crippen molar-refractivity contribution >= 4 is 40.4 Å². The van der Waals surface area contributed by atoms with Crippen molar-refractivity contribution in [2.45, 2.75) is 156 Å². The van der Waals surface area contributed by atoms with Gasteiger partial charge in [0, 0.05) is 157 Å². The van der Waals surface area contributed by atoms with Crippen LogP contribution in [0.3, 0.4) is 0 Å². The number of likely N-dealkylation sites (N-methyl/N-ethyl adjacent to an activating group) is 2. The van der Waals surface area contributed by atoms with Gasteiger partial charge in [-0.2, -0.15) is 0 Å². The number of urea groups is 1. The molecule has 4 atom stereocenters.